The van der Waals surface area contributed by atoms with E-state index < -0.39 is 0 Å². The molecule has 0 bridgehead atoms. The van der Waals surface area contributed by atoms with Crippen molar-refractivity contribution in [1.82, 2.24) is 5.32 Å². The van der Waals surface area contributed by atoms with E-state index in [-0.39, 0.29) is 11.8 Å². The van der Waals surface area contributed by atoms with Crippen LogP contribution >= 0.6 is 0 Å². The Morgan fingerprint density at radius 2 is 1.83 bits per heavy atom. The number of nitrogens with one attached hydrogen (secondary N) is 1. The first-order chi connectivity index (χ1) is 8.75. The topological polar surface area (TPSA) is 55.1 Å². The van der Waals surface area contributed by atoms with Gasteiger partial charge in [0.2, 0.25) is 5.91 Å². The summed E-state index contributed by atoms with van der Waals surface area (Å²) in [5, 5.41) is 3.75. The lowest BCUT2D eigenvalue weighted by molar-refractivity contribution is -0.122. The molecule has 2 aliphatic carbocycles. The van der Waals surface area contributed by atoms with Crippen LogP contribution in [0, 0.1) is 5.92 Å². The third-order valence-electron chi connectivity index (χ3n) is 4.33. The van der Waals surface area contributed by atoms with E-state index >= 15 is 0 Å². The summed E-state index contributed by atoms with van der Waals surface area (Å²) in [5.41, 5.74) is 5.36. The van der Waals surface area contributed by atoms with Gasteiger partial charge < -0.3 is 11.1 Å². The average Bonchev–Trinajstić information content (AvgIpc) is 2.33. The van der Waals surface area contributed by atoms with E-state index in [1.807, 2.05) is 0 Å². The minimum Gasteiger partial charge on any atom is -0.369 e. The molecule has 18 heavy (non-hydrogen) atoms. The Kier molecular flexibility index (Phi) is 5.24. The van der Waals surface area contributed by atoms with Crippen molar-refractivity contribution >= 4 is 5.91 Å². The van der Waals surface area contributed by atoms with Crippen LogP contribution in [0.15, 0.2) is 12.2 Å². The minimum absolute atomic E-state index is 0.112. The predicted octanol–water partition coefficient (Wildman–Crippen LogP) is 2.51. The SMILES string of the molecule is NC(=O)C1CCC(NC2/C=C/CCCCC2)CC1. The first kappa shape index (κ1) is 13.6. The molecule has 0 saturated heterocycles. The molecular weight excluding hydrogens is 224 g/mol. The lowest BCUT2D eigenvalue weighted by Crippen LogP contribution is -2.41. The van der Waals surface area contributed by atoms with Crippen molar-refractivity contribution in [3.05, 3.63) is 12.2 Å². The van der Waals surface area contributed by atoms with Crippen LogP contribution in [-0.4, -0.2) is 18.0 Å². The summed E-state index contributed by atoms with van der Waals surface area (Å²) in [6.45, 7) is 0. The molecule has 0 aliphatic heterocycles. The summed E-state index contributed by atoms with van der Waals surface area (Å²) >= 11 is 0. The normalized spacial score (nSPS) is 35.4. The summed E-state index contributed by atoms with van der Waals surface area (Å²) < 4.78 is 0. The van der Waals surface area contributed by atoms with Gasteiger partial charge in [0.05, 0.1) is 0 Å². The van der Waals surface area contributed by atoms with Crippen molar-refractivity contribution < 1.29 is 4.79 Å². The van der Waals surface area contributed by atoms with Crippen molar-refractivity contribution in [3.63, 3.8) is 0 Å². The molecule has 2 aliphatic rings. The lowest BCUT2D eigenvalue weighted by atomic mass is 9.85. The molecule has 0 aromatic rings. The second-order valence-electron chi connectivity index (χ2n) is 5.79. The van der Waals surface area contributed by atoms with Crippen molar-refractivity contribution in [1.29, 1.82) is 0 Å². The predicted molar refractivity (Wildman–Crippen MR) is 74.1 cm³/mol. The molecule has 3 N–H and O–H groups in total. The van der Waals surface area contributed by atoms with Crippen LogP contribution in [0.4, 0.5) is 0 Å². The van der Waals surface area contributed by atoms with Gasteiger partial charge >= 0.3 is 0 Å². The molecule has 3 nitrogen and oxygen atoms in total. The molecule has 102 valence electrons. The van der Waals surface area contributed by atoms with Crippen LogP contribution < -0.4 is 11.1 Å². The monoisotopic (exact) mass is 250 g/mol. The van der Waals surface area contributed by atoms with Gasteiger partial charge in [0.25, 0.3) is 0 Å². The molecule has 3 heteroatoms. The molecule has 2 rings (SSSR count). The van der Waals surface area contributed by atoms with Crippen molar-refractivity contribution in [2.24, 2.45) is 11.7 Å². The number of hydrogen-bond donors (Lipinski definition) is 2. The van der Waals surface area contributed by atoms with Crippen LogP contribution in [0.2, 0.25) is 0 Å². The molecule has 1 saturated carbocycles. The number of primary amides is 1. The Balaban J connectivity index is 1.76. The quantitative estimate of drug-likeness (QED) is 0.756. The highest BCUT2D eigenvalue weighted by atomic mass is 16.1. The number of nitrogens with two attached hydrogens (primary N) is 1. The molecule has 0 aromatic heterocycles. The number of amides is 1. The zero-order valence-corrected chi connectivity index (χ0v) is 11.2. The van der Waals surface area contributed by atoms with Gasteiger partial charge in [0, 0.05) is 18.0 Å². The Morgan fingerprint density at radius 1 is 1.06 bits per heavy atom. The second-order valence-corrected chi connectivity index (χ2v) is 5.79. The maximum absolute atomic E-state index is 11.1. The number of carbonyl (C=O) groups excluding carboxylic acids is 1. The van der Waals surface area contributed by atoms with Gasteiger partial charge in [-0.3, -0.25) is 4.79 Å². The van der Waals surface area contributed by atoms with Crippen molar-refractivity contribution in [2.75, 3.05) is 0 Å². The lowest BCUT2D eigenvalue weighted by Gasteiger charge is -2.30. The molecule has 1 atom stereocenters. The summed E-state index contributed by atoms with van der Waals surface area (Å²) in [6, 6.07) is 1.12. The number of allylic oxidation sites excluding steroid dienone is 1. The highest BCUT2D eigenvalue weighted by molar-refractivity contribution is 5.76. The zero-order chi connectivity index (χ0) is 12.8. The smallest absolute Gasteiger partial charge is 0.220 e. The molecule has 1 unspecified atom stereocenters. The molecule has 0 spiro atoms. The highest BCUT2D eigenvalue weighted by Crippen LogP contribution is 2.25. The first-order valence-corrected chi connectivity index (χ1v) is 7.47. The van der Waals surface area contributed by atoms with Gasteiger partial charge in [0.15, 0.2) is 0 Å². The van der Waals surface area contributed by atoms with E-state index in [4.69, 9.17) is 5.73 Å². The molecule has 0 radical (unpaired) electrons. The van der Waals surface area contributed by atoms with E-state index in [0.717, 1.165) is 25.7 Å². The molecule has 1 amide bonds. The van der Waals surface area contributed by atoms with Gasteiger partial charge in [-0.1, -0.05) is 25.0 Å². The van der Waals surface area contributed by atoms with Gasteiger partial charge in [-0.05, 0) is 44.9 Å². The standard InChI is InChI=1S/C15H26N2O/c16-15(18)12-8-10-14(11-9-12)17-13-6-4-2-1-3-5-7-13/h4,6,12-14,17H,1-3,5,7-11H2,(H2,16,18)/b6-4+. The van der Waals surface area contributed by atoms with E-state index in [1.165, 1.54) is 32.1 Å². The van der Waals surface area contributed by atoms with Crippen LogP contribution in [0.25, 0.3) is 0 Å². The van der Waals surface area contributed by atoms with E-state index in [9.17, 15) is 4.79 Å². The number of rotatable bonds is 3. The molecule has 0 heterocycles. The second kappa shape index (κ2) is 6.93. The molecule has 1 fully saturated rings. The third kappa shape index (κ3) is 4.13. The Bertz CT molecular complexity index is 293. The summed E-state index contributed by atoms with van der Waals surface area (Å²) in [4.78, 5) is 11.1. The Morgan fingerprint density at radius 3 is 2.56 bits per heavy atom. The number of hydrogen-bond acceptors (Lipinski definition) is 2. The van der Waals surface area contributed by atoms with Gasteiger partial charge in [-0.2, -0.15) is 0 Å². The van der Waals surface area contributed by atoms with Gasteiger partial charge in [0.1, 0.15) is 0 Å². The van der Waals surface area contributed by atoms with Crippen LogP contribution in [-0.2, 0) is 4.79 Å². The van der Waals surface area contributed by atoms with Crippen LogP contribution in [0.1, 0.15) is 57.8 Å². The first-order valence-electron chi connectivity index (χ1n) is 7.47. The fraction of sp³-hybridized carbons (Fsp3) is 0.800. The maximum Gasteiger partial charge on any atom is 0.220 e. The fourth-order valence-electron chi connectivity index (χ4n) is 3.15. The third-order valence-corrected chi connectivity index (χ3v) is 4.33. The van der Waals surface area contributed by atoms with E-state index in [0.29, 0.717) is 12.1 Å². The fourth-order valence-corrected chi connectivity index (χ4v) is 3.15. The summed E-state index contributed by atoms with van der Waals surface area (Å²) in [7, 11) is 0. The summed E-state index contributed by atoms with van der Waals surface area (Å²) in [6.07, 6.45) is 15.3. The maximum atomic E-state index is 11.1. The number of carbonyl (C=O) groups is 1. The van der Waals surface area contributed by atoms with Crippen LogP contribution in [0.5, 0.6) is 0 Å². The van der Waals surface area contributed by atoms with E-state index in [1.54, 1.807) is 0 Å². The Labute approximate surface area is 110 Å². The highest BCUT2D eigenvalue weighted by Gasteiger charge is 2.25. The minimum atomic E-state index is -0.112. The Hall–Kier alpha value is -0.830. The zero-order valence-electron chi connectivity index (χ0n) is 11.2. The van der Waals surface area contributed by atoms with Gasteiger partial charge in [-0.15, -0.1) is 0 Å². The largest absolute Gasteiger partial charge is 0.369 e. The molecular formula is C15H26N2O. The van der Waals surface area contributed by atoms with Gasteiger partial charge in [-0.25, -0.2) is 0 Å². The van der Waals surface area contributed by atoms with Crippen molar-refractivity contribution in [2.45, 2.75) is 69.9 Å². The van der Waals surface area contributed by atoms with Crippen molar-refractivity contribution in [3.8, 4) is 0 Å². The van der Waals surface area contributed by atoms with E-state index in [2.05, 4.69) is 17.5 Å². The average molecular weight is 250 g/mol. The van der Waals surface area contributed by atoms with Crippen LogP contribution in [0.3, 0.4) is 0 Å². The summed E-state index contributed by atoms with van der Waals surface area (Å²) in [5.74, 6) is 0.00947. The molecule has 0 aromatic carbocycles.